The van der Waals surface area contributed by atoms with Crippen molar-refractivity contribution in [3.05, 3.63) is 35.6 Å². The summed E-state index contributed by atoms with van der Waals surface area (Å²) < 4.78 is 13.7. The molecule has 1 saturated carbocycles. The molecular formula is C17H22FN3O2. The third-order valence-electron chi connectivity index (χ3n) is 4.56. The van der Waals surface area contributed by atoms with Gasteiger partial charge in [0.25, 0.3) is 5.91 Å². The molecule has 0 radical (unpaired) electrons. The predicted octanol–water partition coefficient (Wildman–Crippen LogP) is 1.25. The molecule has 23 heavy (non-hydrogen) atoms. The second kappa shape index (κ2) is 6.66. The van der Waals surface area contributed by atoms with E-state index in [0.29, 0.717) is 32.2 Å². The molecule has 0 aromatic heterocycles. The molecule has 1 heterocycles. The third kappa shape index (κ3) is 3.69. The minimum absolute atomic E-state index is 0.0568. The number of hydrogen-bond donors (Lipinski definition) is 1. The van der Waals surface area contributed by atoms with Crippen LogP contribution < -0.4 is 5.32 Å². The maximum Gasteiger partial charge on any atom is 0.256 e. The van der Waals surface area contributed by atoms with Crippen LogP contribution in [-0.2, 0) is 4.79 Å². The third-order valence-corrected chi connectivity index (χ3v) is 4.56. The molecule has 1 aromatic carbocycles. The van der Waals surface area contributed by atoms with Gasteiger partial charge in [-0.05, 0) is 31.9 Å². The van der Waals surface area contributed by atoms with E-state index in [1.807, 2.05) is 6.92 Å². The molecule has 124 valence electrons. The summed E-state index contributed by atoms with van der Waals surface area (Å²) in [4.78, 5) is 28.2. The van der Waals surface area contributed by atoms with E-state index >= 15 is 0 Å². The Morgan fingerprint density at radius 1 is 1.17 bits per heavy atom. The number of piperazine rings is 1. The minimum Gasteiger partial charge on any atom is -0.352 e. The molecule has 2 aliphatic rings. The van der Waals surface area contributed by atoms with Gasteiger partial charge in [0.1, 0.15) is 5.82 Å². The smallest absolute Gasteiger partial charge is 0.256 e. The molecule has 0 bridgehead atoms. The summed E-state index contributed by atoms with van der Waals surface area (Å²) in [6.45, 7) is 4.16. The Kier molecular flexibility index (Phi) is 4.61. The summed E-state index contributed by atoms with van der Waals surface area (Å²) in [5.74, 6) is -0.712. The van der Waals surface area contributed by atoms with Gasteiger partial charge >= 0.3 is 0 Å². The van der Waals surface area contributed by atoms with Crippen LogP contribution in [0.2, 0.25) is 0 Å². The minimum atomic E-state index is -0.489. The average molecular weight is 319 g/mol. The number of nitrogens with zero attached hydrogens (tertiary/aromatic N) is 2. The number of carbonyl (C=O) groups excluding carboxylic acids is 2. The molecule has 6 heteroatoms. The summed E-state index contributed by atoms with van der Waals surface area (Å²) in [6.07, 6.45) is 2.15. The average Bonchev–Trinajstić information content (AvgIpc) is 3.38. The standard InChI is InChI=1S/C17H22FN3O2/c1-12(16(22)19-13-6-7-13)20-8-10-21(11-9-20)17(23)14-4-2-3-5-15(14)18/h2-5,12-13H,6-11H2,1H3,(H,19,22). The van der Waals surface area contributed by atoms with Crippen molar-refractivity contribution in [2.24, 2.45) is 0 Å². The van der Waals surface area contributed by atoms with Crippen molar-refractivity contribution >= 4 is 11.8 Å². The Morgan fingerprint density at radius 2 is 1.83 bits per heavy atom. The maximum absolute atomic E-state index is 13.7. The molecule has 5 nitrogen and oxygen atoms in total. The van der Waals surface area contributed by atoms with Gasteiger partial charge in [-0.2, -0.15) is 0 Å². The number of nitrogens with one attached hydrogen (secondary N) is 1. The van der Waals surface area contributed by atoms with Crippen LogP contribution in [0.5, 0.6) is 0 Å². The highest BCUT2D eigenvalue weighted by atomic mass is 19.1. The van der Waals surface area contributed by atoms with E-state index in [0.717, 1.165) is 12.8 Å². The Bertz CT molecular complexity index is 595. The van der Waals surface area contributed by atoms with Gasteiger partial charge in [-0.25, -0.2) is 4.39 Å². The number of benzene rings is 1. The quantitative estimate of drug-likeness (QED) is 0.909. The van der Waals surface area contributed by atoms with E-state index < -0.39 is 5.82 Å². The first kappa shape index (κ1) is 15.9. The highest BCUT2D eigenvalue weighted by molar-refractivity contribution is 5.94. The van der Waals surface area contributed by atoms with Gasteiger partial charge in [0.05, 0.1) is 11.6 Å². The van der Waals surface area contributed by atoms with Crippen LogP contribution in [-0.4, -0.2) is 59.9 Å². The van der Waals surface area contributed by atoms with Crippen molar-refractivity contribution < 1.29 is 14.0 Å². The van der Waals surface area contributed by atoms with Gasteiger partial charge in [-0.1, -0.05) is 12.1 Å². The van der Waals surface area contributed by atoms with E-state index in [1.54, 1.807) is 17.0 Å². The van der Waals surface area contributed by atoms with Crippen molar-refractivity contribution in [2.75, 3.05) is 26.2 Å². The molecule has 1 N–H and O–H groups in total. The monoisotopic (exact) mass is 319 g/mol. The summed E-state index contributed by atoms with van der Waals surface area (Å²) >= 11 is 0. The number of halogens is 1. The van der Waals surface area contributed by atoms with E-state index in [1.165, 1.54) is 12.1 Å². The van der Waals surface area contributed by atoms with Crippen LogP contribution in [0.1, 0.15) is 30.1 Å². The van der Waals surface area contributed by atoms with Gasteiger partial charge in [0, 0.05) is 32.2 Å². The molecule has 1 aliphatic carbocycles. The molecule has 1 atom stereocenters. The number of amides is 2. The SMILES string of the molecule is CC(C(=O)NC1CC1)N1CCN(C(=O)c2ccccc2F)CC1. The Morgan fingerprint density at radius 3 is 2.43 bits per heavy atom. The first-order chi connectivity index (χ1) is 11.1. The lowest BCUT2D eigenvalue weighted by atomic mass is 10.1. The number of carbonyl (C=O) groups is 2. The molecule has 1 saturated heterocycles. The largest absolute Gasteiger partial charge is 0.352 e. The summed E-state index contributed by atoms with van der Waals surface area (Å²) in [6, 6.07) is 6.21. The van der Waals surface area contributed by atoms with E-state index in [-0.39, 0.29) is 23.4 Å². The van der Waals surface area contributed by atoms with Crippen LogP contribution in [0, 0.1) is 5.82 Å². The van der Waals surface area contributed by atoms with Crippen LogP contribution in [0.3, 0.4) is 0 Å². The molecule has 2 amide bonds. The Balaban J connectivity index is 1.54. The van der Waals surface area contributed by atoms with Crippen molar-refractivity contribution in [1.82, 2.24) is 15.1 Å². The second-order valence-electron chi connectivity index (χ2n) is 6.27. The van der Waals surface area contributed by atoms with Crippen molar-refractivity contribution in [3.8, 4) is 0 Å². The van der Waals surface area contributed by atoms with Crippen LogP contribution >= 0.6 is 0 Å². The zero-order valence-electron chi connectivity index (χ0n) is 13.3. The highest BCUT2D eigenvalue weighted by Crippen LogP contribution is 2.19. The van der Waals surface area contributed by atoms with E-state index in [4.69, 9.17) is 0 Å². The summed E-state index contributed by atoms with van der Waals surface area (Å²) in [5.41, 5.74) is 0.112. The molecule has 1 aliphatic heterocycles. The molecule has 0 spiro atoms. The van der Waals surface area contributed by atoms with E-state index in [2.05, 4.69) is 10.2 Å². The molecular weight excluding hydrogens is 297 g/mol. The normalized spacial score (nSPS) is 20.2. The molecule has 3 rings (SSSR count). The highest BCUT2D eigenvalue weighted by Gasteiger charge is 2.31. The van der Waals surface area contributed by atoms with Crippen LogP contribution in [0.4, 0.5) is 4.39 Å². The maximum atomic E-state index is 13.7. The zero-order chi connectivity index (χ0) is 16.4. The van der Waals surface area contributed by atoms with Gasteiger partial charge < -0.3 is 10.2 Å². The fourth-order valence-corrected chi connectivity index (χ4v) is 2.83. The van der Waals surface area contributed by atoms with Gasteiger partial charge in [-0.15, -0.1) is 0 Å². The topological polar surface area (TPSA) is 52.7 Å². The van der Waals surface area contributed by atoms with Crippen molar-refractivity contribution in [1.29, 1.82) is 0 Å². The van der Waals surface area contributed by atoms with E-state index in [9.17, 15) is 14.0 Å². The Hall–Kier alpha value is -1.95. The number of hydrogen-bond acceptors (Lipinski definition) is 3. The van der Waals surface area contributed by atoms with Crippen molar-refractivity contribution in [2.45, 2.75) is 31.8 Å². The predicted molar refractivity (Wildman–Crippen MR) is 84.5 cm³/mol. The molecule has 1 unspecified atom stereocenters. The Labute approximate surface area is 135 Å². The second-order valence-corrected chi connectivity index (χ2v) is 6.27. The zero-order valence-corrected chi connectivity index (χ0v) is 13.3. The lowest BCUT2D eigenvalue weighted by Gasteiger charge is -2.37. The first-order valence-corrected chi connectivity index (χ1v) is 8.14. The fourth-order valence-electron chi connectivity index (χ4n) is 2.83. The first-order valence-electron chi connectivity index (χ1n) is 8.14. The van der Waals surface area contributed by atoms with Gasteiger partial charge in [0.2, 0.25) is 5.91 Å². The van der Waals surface area contributed by atoms with Gasteiger partial charge in [0.15, 0.2) is 0 Å². The summed E-state index contributed by atoms with van der Waals surface area (Å²) in [5, 5.41) is 3.01. The van der Waals surface area contributed by atoms with Crippen LogP contribution in [0.25, 0.3) is 0 Å². The molecule has 2 fully saturated rings. The van der Waals surface area contributed by atoms with Crippen LogP contribution in [0.15, 0.2) is 24.3 Å². The lowest BCUT2D eigenvalue weighted by molar-refractivity contribution is -0.126. The molecule has 1 aromatic rings. The van der Waals surface area contributed by atoms with Gasteiger partial charge in [-0.3, -0.25) is 14.5 Å². The fraction of sp³-hybridized carbons (Fsp3) is 0.529. The number of rotatable bonds is 4. The van der Waals surface area contributed by atoms with Crippen molar-refractivity contribution in [3.63, 3.8) is 0 Å². The summed E-state index contributed by atoms with van der Waals surface area (Å²) in [7, 11) is 0. The lowest BCUT2D eigenvalue weighted by Crippen LogP contribution is -2.55.